The number of aromatic nitrogens is 2. The highest BCUT2D eigenvalue weighted by atomic mass is 35.5. The van der Waals surface area contributed by atoms with Gasteiger partial charge in [0.25, 0.3) is 5.91 Å². The number of hydrogen-bond acceptors (Lipinski definition) is 4. The number of hydrogen-bond donors (Lipinski definition) is 1. The third-order valence-electron chi connectivity index (χ3n) is 2.97. The fourth-order valence-electron chi connectivity index (χ4n) is 1.97. The molecule has 7 heteroatoms. The number of para-hydroxylation sites is 1. The van der Waals surface area contributed by atoms with Crippen molar-refractivity contribution in [2.24, 2.45) is 0 Å². The molecule has 106 valence electrons. The predicted octanol–water partition coefficient (Wildman–Crippen LogP) is 3.32. The molecule has 0 aliphatic carbocycles. The molecule has 2 aromatic rings. The predicted molar refractivity (Wildman–Crippen MR) is 89.6 cm³/mol. The van der Waals surface area contributed by atoms with Crippen LogP contribution in [0.1, 0.15) is 11.3 Å². The maximum absolute atomic E-state index is 11.7. The molecule has 0 atom stereocenters. The number of carbonyl (C=O) groups excluding carboxylic acids is 1. The van der Waals surface area contributed by atoms with Gasteiger partial charge in [0.2, 0.25) is 0 Å². The second kappa shape index (κ2) is 5.63. The highest BCUT2D eigenvalue weighted by Crippen LogP contribution is 2.31. The third kappa shape index (κ3) is 2.74. The van der Waals surface area contributed by atoms with Crippen LogP contribution >= 0.6 is 35.6 Å². The Morgan fingerprint density at radius 3 is 2.71 bits per heavy atom. The van der Waals surface area contributed by atoms with Gasteiger partial charge in [0.1, 0.15) is 9.47 Å². The second-order valence-corrected chi connectivity index (χ2v) is 6.47. The maximum Gasteiger partial charge on any atom is 0.263 e. The van der Waals surface area contributed by atoms with Gasteiger partial charge in [-0.2, -0.15) is 5.10 Å². The van der Waals surface area contributed by atoms with Gasteiger partial charge in [-0.3, -0.25) is 4.79 Å². The average molecular weight is 336 g/mol. The molecule has 0 unspecified atom stereocenters. The zero-order valence-electron chi connectivity index (χ0n) is 11.0. The van der Waals surface area contributed by atoms with Gasteiger partial charge in [0.15, 0.2) is 0 Å². The Labute approximate surface area is 136 Å². The summed E-state index contributed by atoms with van der Waals surface area (Å²) < 4.78 is 2.11. The van der Waals surface area contributed by atoms with Gasteiger partial charge in [0.05, 0.1) is 16.3 Å². The first-order valence-corrected chi connectivity index (χ1v) is 7.72. The molecule has 3 rings (SSSR count). The van der Waals surface area contributed by atoms with Gasteiger partial charge in [-0.25, -0.2) is 4.68 Å². The fraction of sp³-hybridized carbons (Fsp3) is 0.0714. The Bertz CT molecular complexity index is 768. The Morgan fingerprint density at radius 1 is 1.38 bits per heavy atom. The summed E-state index contributed by atoms with van der Waals surface area (Å²) in [5.41, 5.74) is 2.35. The number of carbonyl (C=O) groups is 1. The van der Waals surface area contributed by atoms with E-state index in [1.54, 1.807) is 10.8 Å². The molecule has 1 aliphatic rings. The molecular formula is C14H10ClN3OS2. The largest absolute Gasteiger partial charge is 0.307 e. The number of amides is 1. The van der Waals surface area contributed by atoms with Crippen molar-refractivity contribution in [1.29, 1.82) is 0 Å². The van der Waals surface area contributed by atoms with E-state index in [1.807, 2.05) is 37.3 Å². The van der Waals surface area contributed by atoms with Crippen LogP contribution in [-0.4, -0.2) is 20.0 Å². The van der Waals surface area contributed by atoms with E-state index < -0.39 is 0 Å². The lowest BCUT2D eigenvalue weighted by molar-refractivity contribution is -0.115. The first-order valence-electron chi connectivity index (χ1n) is 6.11. The lowest BCUT2D eigenvalue weighted by Crippen LogP contribution is -2.17. The van der Waals surface area contributed by atoms with Gasteiger partial charge in [-0.05, 0) is 25.1 Å². The molecule has 0 radical (unpaired) electrons. The van der Waals surface area contributed by atoms with Gasteiger partial charge in [-0.1, -0.05) is 53.8 Å². The summed E-state index contributed by atoms with van der Waals surface area (Å²) in [7, 11) is 0. The fourth-order valence-corrected chi connectivity index (χ4v) is 3.32. The lowest BCUT2D eigenvalue weighted by atomic mass is 10.2. The quantitative estimate of drug-likeness (QED) is 0.675. The van der Waals surface area contributed by atoms with Crippen LogP contribution in [0.4, 0.5) is 0 Å². The van der Waals surface area contributed by atoms with Crippen molar-refractivity contribution in [2.45, 2.75) is 6.92 Å². The zero-order valence-corrected chi connectivity index (χ0v) is 13.4. The van der Waals surface area contributed by atoms with E-state index in [1.165, 1.54) is 11.8 Å². The van der Waals surface area contributed by atoms with E-state index in [-0.39, 0.29) is 5.91 Å². The Kier molecular flexibility index (Phi) is 3.84. The van der Waals surface area contributed by atoms with E-state index in [0.29, 0.717) is 14.4 Å². The molecule has 1 fully saturated rings. The lowest BCUT2D eigenvalue weighted by Gasteiger charge is -2.02. The molecule has 4 nitrogen and oxygen atoms in total. The van der Waals surface area contributed by atoms with Crippen molar-refractivity contribution in [3.63, 3.8) is 0 Å². The van der Waals surface area contributed by atoms with Crippen molar-refractivity contribution in [2.75, 3.05) is 0 Å². The SMILES string of the molecule is Cc1nn(-c2ccccc2)c(Cl)c1/C=C1\SC(=S)NC1=O. The summed E-state index contributed by atoms with van der Waals surface area (Å²) in [5, 5.41) is 7.48. The molecule has 1 amide bonds. The molecule has 1 saturated heterocycles. The van der Waals surface area contributed by atoms with Crippen molar-refractivity contribution < 1.29 is 4.79 Å². The molecule has 21 heavy (non-hydrogen) atoms. The summed E-state index contributed by atoms with van der Waals surface area (Å²) in [5.74, 6) is -0.201. The average Bonchev–Trinajstić information content (AvgIpc) is 2.93. The normalized spacial score (nSPS) is 16.6. The number of halogens is 1. The van der Waals surface area contributed by atoms with Gasteiger partial charge in [0, 0.05) is 5.56 Å². The first kappa shape index (κ1) is 14.3. The Hall–Kier alpha value is -1.63. The van der Waals surface area contributed by atoms with E-state index in [0.717, 1.165) is 16.9 Å². The van der Waals surface area contributed by atoms with Crippen molar-refractivity contribution in [1.82, 2.24) is 15.1 Å². The topological polar surface area (TPSA) is 46.9 Å². The minimum atomic E-state index is -0.201. The number of nitrogens with one attached hydrogen (secondary N) is 1. The third-order valence-corrected chi connectivity index (χ3v) is 4.49. The van der Waals surface area contributed by atoms with Crippen molar-refractivity contribution in [3.8, 4) is 5.69 Å². The summed E-state index contributed by atoms with van der Waals surface area (Å²) in [4.78, 5) is 12.3. The molecule has 2 heterocycles. The highest BCUT2D eigenvalue weighted by molar-refractivity contribution is 8.26. The first-order chi connectivity index (χ1) is 10.1. The van der Waals surface area contributed by atoms with Gasteiger partial charge >= 0.3 is 0 Å². The molecule has 0 spiro atoms. The van der Waals surface area contributed by atoms with E-state index >= 15 is 0 Å². The van der Waals surface area contributed by atoms with Gasteiger partial charge < -0.3 is 5.32 Å². The van der Waals surface area contributed by atoms with Crippen LogP contribution in [0.25, 0.3) is 11.8 Å². The van der Waals surface area contributed by atoms with E-state index in [4.69, 9.17) is 23.8 Å². The van der Waals surface area contributed by atoms with Crippen LogP contribution in [0.5, 0.6) is 0 Å². The number of rotatable bonds is 2. The molecule has 1 aliphatic heterocycles. The van der Waals surface area contributed by atoms with Crippen LogP contribution in [0.2, 0.25) is 5.15 Å². The monoisotopic (exact) mass is 335 g/mol. The Morgan fingerprint density at radius 2 is 2.10 bits per heavy atom. The minimum absolute atomic E-state index is 0.201. The Balaban J connectivity index is 2.06. The molecule has 1 aromatic carbocycles. The molecule has 1 N–H and O–H groups in total. The van der Waals surface area contributed by atoms with Crippen LogP contribution in [0, 0.1) is 6.92 Å². The zero-order chi connectivity index (χ0) is 15.0. The number of thiocarbonyl (C=S) groups is 1. The molecule has 1 aromatic heterocycles. The maximum atomic E-state index is 11.7. The summed E-state index contributed by atoms with van der Waals surface area (Å²) >= 11 is 12.6. The number of aryl methyl sites for hydroxylation is 1. The summed E-state index contributed by atoms with van der Waals surface area (Å²) in [6.45, 7) is 1.85. The molecular weight excluding hydrogens is 326 g/mol. The molecule has 0 bridgehead atoms. The van der Waals surface area contributed by atoms with E-state index in [2.05, 4.69) is 10.4 Å². The van der Waals surface area contributed by atoms with Gasteiger partial charge in [-0.15, -0.1) is 0 Å². The van der Waals surface area contributed by atoms with Crippen LogP contribution in [-0.2, 0) is 4.79 Å². The van der Waals surface area contributed by atoms with E-state index in [9.17, 15) is 4.79 Å². The number of thioether (sulfide) groups is 1. The van der Waals surface area contributed by atoms with Crippen LogP contribution < -0.4 is 5.32 Å². The smallest absolute Gasteiger partial charge is 0.263 e. The minimum Gasteiger partial charge on any atom is -0.307 e. The van der Waals surface area contributed by atoms with Crippen LogP contribution in [0.3, 0.4) is 0 Å². The van der Waals surface area contributed by atoms with Crippen molar-refractivity contribution in [3.05, 3.63) is 51.6 Å². The standard InChI is InChI=1S/C14H10ClN3OS2/c1-8-10(7-11-13(19)16-14(20)21-11)12(15)18(17-8)9-5-3-2-4-6-9/h2-7H,1H3,(H,16,19,20)/b11-7-. The van der Waals surface area contributed by atoms with Crippen molar-refractivity contribution >= 4 is 51.9 Å². The number of benzene rings is 1. The highest BCUT2D eigenvalue weighted by Gasteiger charge is 2.24. The molecule has 0 saturated carbocycles. The van der Waals surface area contributed by atoms with Crippen LogP contribution in [0.15, 0.2) is 35.2 Å². The summed E-state index contributed by atoms with van der Waals surface area (Å²) in [6, 6.07) is 9.60. The number of nitrogens with zero attached hydrogens (tertiary/aromatic N) is 2. The second-order valence-electron chi connectivity index (χ2n) is 4.39. The summed E-state index contributed by atoms with van der Waals surface area (Å²) in [6.07, 6.45) is 1.73.